The molecular weight excluding hydrogens is 418 g/mol. The van der Waals surface area contributed by atoms with Crippen LogP contribution in [-0.4, -0.2) is 75.2 Å². The number of morpholine rings is 1. The van der Waals surface area contributed by atoms with Gasteiger partial charge in [0.15, 0.2) is 5.96 Å². The highest BCUT2D eigenvalue weighted by Crippen LogP contribution is 2.27. The number of carbonyl (C=O) groups excluding carboxylic acids is 1. The molecule has 7 nitrogen and oxygen atoms in total. The second-order valence-electron chi connectivity index (χ2n) is 7.38. The maximum Gasteiger partial charge on any atom is 0.243 e. The summed E-state index contributed by atoms with van der Waals surface area (Å²) < 4.78 is 5.55. The van der Waals surface area contributed by atoms with E-state index in [-0.39, 0.29) is 18.5 Å². The van der Waals surface area contributed by atoms with Crippen molar-refractivity contribution in [2.75, 3.05) is 53.5 Å². The molecule has 2 N–H and O–H groups in total. The Hall–Kier alpha value is -1.94. The van der Waals surface area contributed by atoms with Crippen LogP contribution >= 0.6 is 22.7 Å². The second-order valence-corrected chi connectivity index (χ2v) is 9.73. The van der Waals surface area contributed by atoms with Crippen LogP contribution in [0.15, 0.2) is 34.6 Å². The summed E-state index contributed by atoms with van der Waals surface area (Å²) in [6.45, 7) is 7.00. The molecule has 30 heavy (non-hydrogen) atoms. The van der Waals surface area contributed by atoms with E-state index in [1.165, 1.54) is 14.6 Å². The molecule has 1 atom stereocenters. The Morgan fingerprint density at radius 1 is 1.27 bits per heavy atom. The van der Waals surface area contributed by atoms with Gasteiger partial charge in [0.05, 0.1) is 25.8 Å². The molecule has 1 aliphatic heterocycles. The average molecular weight is 450 g/mol. The Kier molecular flexibility index (Phi) is 8.68. The van der Waals surface area contributed by atoms with Crippen molar-refractivity contribution in [3.8, 4) is 0 Å². The molecule has 0 bridgehead atoms. The van der Waals surface area contributed by atoms with E-state index in [0.717, 1.165) is 26.3 Å². The number of ether oxygens (including phenoxy) is 1. The fraction of sp³-hybridized carbons (Fsp3) is 0.524. The molecule has 9 heteroatoms. The number of rotatable bonds is 8. The van der Waals surface area contributed by atoms with Gasteiger partial charge in [-0.2, -0.15) is 0 Å². The van der Waals surface area contributed by atoms with Crippen LogP contribution in [0.1, 0.15) is 20.7 Å². The third-order valence-corrected chi connectivity index (χ3v) is 6.90. The molecule has 2 aromatic heterocycles. The lowest BCUT2D eigenvalue weighted by Gasteiger charge is -2.34. The molecule has 164 valence electrons. The van der Waals surface area contributed by atoms with Crippen LogP contribution in [0, 0.1) is 6.92 Å². The summed E-state index contributed by atoms with van der Waals surface area (Å²) >= 11 is 3.53. The molecule has 1 amide bonds. The molecule has 0 spiro atoms. The van der Waals surface area contributed by atoms with E-state index in [1.54, 1.807) is 30.3 Å². The monoisotopic (exact) mass is 449 g/mol. The minimum Gasteiger partial charge on any atom is -0.379 e. The van der Waals surface area contributed by atoms with E-state index >= 15 is 0 Å². The van der Waals surface area contributed by atoms with Gasteiger partial charge in [-0.25, -0.2) is 4.99 Å². The predicted molar refractivity (Wildman–Crippen MR) is 124 cm³/mol. The number of amides is 1. The SMILES string of the molecule is Cc1ccc(C(CNC(=NCC(=O)N(C)C)NCc2cccs2)N2CCOCC2)s1. The van der Waals surface area contributed by atoms with Crippen LogP contribution in [-0.2, 0) is 16.1 Å². The van der Waals surface area contributed by atoms with Crippen molar-refractivity contribution in [3.63, 3.8) is 0 Å². The third kappa shape index (κ3) is 6.80. The van der Waals surface area contributed by atoms with Gasteiger partial charge < -0.3 is 20.3 Å². The van der Waals surface area contributed by atoms with E-state index in [9.17, 15) is 4.79 Å². The number of carbonyl (C=O) groups is 1. The minimum absolute atomic E-state index is 0.0224. The van der Waals surface area contributed by atoms with Crippen molar-refractivity contribution in [1.82, 2.24) is 20.4 Å². The quantitative estimate of drug-likeness (QED) is 0.478. The summed E-state index contributed by atoms with van der Waals surface area (Å²) in [5.41, 5.74) is 0. The maximum absolute atomic E-state index is 12.0. The molecule has 3 rings (SSSR count). The van der Waals surface area contributed by atoms with Crippen molar-refractivity contribution >= 4 is 34.5 Å². The summed E-state index contributed by atoms with van der Waals surface area (Å²) in [6, 6.07) is 8.76. The normalized spacial score (nSPS) is 16.3. The fourth-order valence-corrected chi connectivity index (χ4v) is 4.83. The zero-order chi connectivity index (χ0) is 21.3. The van der Waals surface area contributed by atoms with Crippen LogP contribution < -0.4 is 10.6 Å². The minimum atomic E-state index is -0.0224. The smallest absolute Gasteiger partial charge is 0.243 e. The number of nitrogens with one attached hydrogen (secondary N) is 2. The van der Waals surface area contributed by atoms with Gasteiger partial charge in [0.25, 0.3) is 0 Å². The fourth-order valence-electron chi connectivity index (χ4n) is 3.17. The summed E-state index contributed by atoms with van der Waals surface area (Å²) in [5.74, 6) is 0.635. The number of guanidine groups is 1. The lowest BCUT2D eigenvalue weighted by molar-refractivity contribution is -0.127. The Bertz CT molecular complexity index is 813. The first kappa shape index (κ1) is 22.7. The summed E-state index contributed by atoms with van der Waals surface area (Å²) in [4.78, 5) is 24.5. The molecule has 1 unspecified atom stereocenters. The molecule has 0 radical (unpaired) electrons. The zero-order valence-corrected chi connectivity index (χ0v) is 19.5. The van der Waals surface area contributed by atoms with Crippen LogP contribution in [0.5, 0.6) is 0 Å². The molecule has 3 heterocycles. The van der Waals surface area contributed by atoms with Crippen molar-refractivity contribution in [2.45, 2.75) is 19.5 Å². The van der Waals surface area contributed by atoms with Crippen molar-refractivity contribution in [1.29, 1.82) is 0 Å². The summed E-state index contributed by atoms with van der Waals surface area (Å²) in [7, 11) is 3.50. The largest absolute Gasteiger partial charge is 0.379 e. The Balaban J connectivity index is 1.69. The number of aliphatic imine (C=N–C) groups is 1. The molecule has 1 aliphatic rings. The van der Waals surface area contributed by atoms with Gasteiger partial charge in [0, 0.05) is 48.4 Å². The number of nitrogens with zero attached hydrogens (tertiary/aromatic N) is 3. The molecule has 0 aliphatic carbocycles. The van der Waals surface area contributed by atoms with Crippen molar-refractivity contribution in [3.05, 3.63) is 44.3 Å². The van der Waals surface area contributed by atoms with Crippen molar-refractivity contribution in [2.24, 2.45) is 4.99 Å². The number of hydrogen-bond acceptors (Lipinski definition) is 6. The first-order valence-electron chi connectivity index (χ1n) is 10.2. The van der Waals surface area contributed by atoms with E-state index in [2.05, 4.69) is 51.0 Å². The van der Waals surface area contributed by atoms with E-state index in [4.69, 9.17) is 4.74 Å². The lowest BCUT2D eigenvalue weighted by atomic mass is 10.2. The van der Waals surface area contributed by atoms with E-state index < -0.39 is 0 Å². The van der Waals surface area contributed by atoms with Gasteiger partial charge in [-0.15, -0.1) is 22.7 Å². The Morgan fingerprint density at radius 2 is 2.07 bits per heavy atom. The highest BCUT2D eigenvalue weighted by Gasteiger charge is 2.24. The molecule has 1 saturated heterocycles. The van der Waals surface area contributed by atoms with Gasteiger partial charge in [-0.3, -0.25) is 9.69 Å². The van der Waals surface area contributed by atoms with Gasteiger partial charge in [0.2, 0.25) is 5.91 Å². The van der Waals surface area contributed by atoms with Gasteiger partial charge in [-0.1, -0.05) is 6.07 Å². The van der Waals surface area contributed by atoms with Crippen LogP contribution in [0.3, 0.4) is 0 Å². The van der Waals surface area contributed by atoms with Gasteiger partial charge in [-0.05, 0) is 30.5 Å². The molecule has 0 saturated carbocycles. The van der Waals surface area contributed by atoms with E-state index in [0.29, 0.717) is 19.0 Å². The lowest BCUT2D eigenvalue weighted by Crippen LogP contribution is -2.46. The Morgan fingerprint density at radius 3 is 2.70 bits per heavy atom. The van der Waals surface area contributed by atoms with Crippen LogP contribution in [0.2, 0.25) is 0 Å². The zero-order valence-electron chi connectivity index (χ0n) is 17.9. The van der Waals surface area contributed by atoms with Crippen LogP contribution in [0.4, 0.5) is 0 Å². The number of aryl methyl sites for hydroxylation is 1. The molecular formula is C21H31N5O2S2. The van der Waals surface area contributed by atoms with Crippen molar-refractivity contribution < 1.29 is 9.53 Å². The maximum atomic E-state index is 12.0. The highest BCUT2D eigenvalue weighted by molar-refractivity contribution is 7.12. The van der Waals surface area contributed by atoms with Gasteiger partial charge >= 0.3 is 0 Å². The first-order chi connectivity index (χ1) is 14.5. The number of likely N-dealkylation sites (N-methyl/N-ethyl adjacent to an activating group) is 1. The van der Waals surface area contributed by atoms with Gasteiger partial charge in [0.1, 0.15) is 6.54 Å². The number of hydrogen-bond donors (Lipinski definition) is 2. The van der Waals surface area contributed by atoms with Crippen LogP contribution in [0.25, 0.3) is 0 Å². The standard InChI is InChI=1S/C21H31N5O2S2/c1-16-6-7-19(30-16)18(26-8-10-28-11-9-26)14-23-21(24-15-20(27)25(2)3)22-13-17-5-4-12-29-17/h4-7,12,18H,8-11,13-15H2,1-3H3,(H2,22,23,24). The third-order valence-electron chi connectivity index (χ3n) is 4.92. The Labute approximate surface area is 186 Å². The van der Waals surface area contributed by atoms with E-state index in [1.807, 2.05) is 17.4 Å². The summed E-state index contributed by atoms with van der Waals surface area (Å²) in [6.07, 6.45) is 0. The molecule has 1 fully saturated rings. The topological polar surface area (TPSA) is 69.2 Å². The molecule has 0 aromatic carbocycles. The number of thiophene rings is 2. The predicted octanol–water partition coefficient (Wildman–Crippen LogP) is 2.31. The average Bonchev–Trinajstić information content (AvgIpc) is 3.42. The molecule has 2 aromatic rings. The summed E-state index contributed by atoms with van der Waals surface area (Å²) in [5, 5.41) is 8.91. The highest BCUT2D eigenvalue weighted by atomic mass is 32.1. The second kappa shape index (κ2) is 11.5. The first-order valence-corrected chi connectivity index (χ1v) is 11.9.